The van der Waals surface area contributed by atoms with E-state index in [1.165, 1.54) is 0 Å². The molecule has 4 heteroatoms. The molecular weight excluding hydrogens is 214 g/mol. The lowest BCUT2D eigenvalue weighted by Gasteiger charge is -2.07. The molecule has 4 nitrogen and oxygen atoms in total. The Morgan fingerprint density at radius 2 is 2.24 bits per heavy atom. The highest BCUT2D eigenvalue weighted by molar-refractivity contribution is 5.80. The van der Waals surface area contributed by atoms with Crippen molar-refractivity contribution >= 4 is 10.9 Å². The summed E-state index contributed by atoms with van der Waals surface area (Å²) < 4.78 is 1.69. The Bertz CT molecular complexity index is 574. The van der Waals surface area contributed by atoms with E-state index in [1.807, 2.05) is 32.2 Å². The van der Waals surface area contributed by atoms with Crippen LogP contribution in [0, 0.1) is 6.92 Å². The van der Waals surface area contributed by atoms with Gasteiger partial charge in [0.15, 0.2) is 0 Å². The summed E-state index contributed by atoms with van der Waals surface area (Å²) in [6.07, 6.45) is 2.56. The monoisotopic (exact) mass is 231 g/mol. The highest BCUT2D eigenvalue weighted by Gasteiger charge is 2.05. The molecular formula is C13H17N3O. The molecule has 0 spiro atoms. The topological polar surface area (TPSA) is 46.9 Å². The van der Waals surface area contributed by atoms with Crippen molar-refractivity contribution in [3.63, 3.8) is 0 Å². The van der Waals surface area contributed by atoms with Gasteiger partial charge in [0, 0.05) is 6.54 Å². The van der Waals surface area contributed by atoms with Gasteiger partial charge in [-0.2, -0.15) is 0 Å². The minimum Gasteiger partial charge on any atom is -0.320 e. The lowest BCUT2D eigenvalue weighted by molar-refractivity contribution is 0.594. The van der Waals surface area contributed by atoms with Crippen molar-refractivity contribution in [1.29, 1.82) is 0 Å². The first-order chi connectivity index (χ1) is 8.24. The van der Waals surface area contributed by atoms with E-state index in [4.69, 9.17) is 0 Å². The van der Waals surface area contributed by atoms with Crippen LogP contribution in [0.1, 0.15) is 12.0 Å². The fourth-order valence-corrected chi connectivity index (χ4v) is 1.95. The van der Waals surface area contributed by atoms with Crippen LogP contribution in [-0.4, -0.2) is 23.1 Å². The van der Waals surface area contributed by atoms with Crippen LogP contribution in [-0.2, 0) is 6.54 Å². The molecule has 2 rings (SSSR count). The zero-order chi connectivity index (χ0) is 12.3. The second-order valence-electron chi connectivity index (χ2n) is 4.17. The van der Waals surface area contributed by atoms with Crippen LogP contribution in [0.25, 0.3) is 10.9 Å². The van der Waals surface area contributed by atoms with E-state index in [-0.39, 0.29) is 5.56 Å². The summed E-state index contributed by atoms with van der Waals surface area (Å²) in [4.78, 5) is 16.6. The Morgan fingerprint density at radius 1 is 1.41 bits per heavy atom. The van der Waals surface area contributed by atoms with Crippen LogP contribution in [0.15, 0.2) is 29.3 Å². The second kappa shape index (κ2) is 5.10. The summed E-state index contributed by atoms with van der Waals surface area (Å²) in [5, 5.41) is 3.81. The molecule has 0 bridgehead atoms. The van der Waals surface area contributed by atoms with Crippen molar-refractivity contribution in [3.8, 4) is 0 Å². The predicted molar refractivity (Wildman–Crippen MR) is 69.3 cm³/mol. The molecule has 0 radical (unpaired) electrons. The summed E-state index contributed by atoms with van der Waals surface area (Å²) in [7, 11) is 1.91. The van der Waals surface area contributed by atoms with E-state index in [2.05, 4.69) is 10.3 Å². The molecule has 1 aromatic carbocycles. The summed E-state index contributed by atoms with van der Waals surface area (Å²) in [5.41, 5.74) is 1.83. The number of rotatable bonds is 4. The van der Waals surface area contributed by atoms with Crippen LogP contribution in [0.2, 0.25) is 0 Å². The maximum Gasteiger partial charge on any atom is 0.261 e. The summed E-state index contributed by atoms with van der Waals surface area (Å²) in [5.74, 6) is 0. The van der Waals surface area contributed by atoms with Crippen molar-refractivity contribution < 1.29 is 0 Å². The number of benzene rings is 1. The fraction of sp³-hybridized carbons (Fsp3) is 0.385. The van der Waals surface area contributed by atoms with E-state index in [0.717, 1.165) is 29.4 Å². The van der Waals surface area contributed by atoms with Crippen molar-refractivity contribution in [2.75, 3.05) is 13.6 Å². The highest BCUT2D eigenvalue weighted by Crippen LogP contribution is 2.10. The highest BCUT2D eigenvalue weighted by atomic mass is 16.1. The second-order valence-corrected chi connectivity index (χ2v) is 4.17. The zero-order valence-corrected chi connectivity index (χ0v) is 10.2. The normalized spacial score (nSPS) is 10.9. The maximum absolute atomic E-state index is 12.2. The Labute approximate surface area is 100 Å². The van der Waals surface area contributed by atoms with Gasteiger partial charge in [0.1, 0.15) is 0 Å². The van der Waals surface area contributed by atoms with Gasteiger partial charge in [-0.15, -0.1) is 0 Å². The maximum atomic E-state index is 12.2. The Hall–Kier alpha value is -1.68. The standard InChI is InChI=1S/C13H17N3O/c1-10-5-3-6-11-12(10)13(17)16(9-15-11)8-4-7-14-2/h3,5-6,9,14H,4,7-8H2,1-2H3. The molecule has 0 fully saturated rings. The third-order valence-corrected chi connectivity index (χ3v) is 2.89. The molecule has 0 saturated heterocycles. The molecule has 0 aliphatic heterocycles. The quantitative estimate of drug-likeness (QED) is 0.807. The van der Waals surface area contributed by atoms with Gasteiger partial charge in [0.25, 0.3) is 5.56 Å². The Balaban J connectivity index is 2.43. The van der Waals surface area contributed by atoms with Crippen molar-refractivity contribution in [3.05, 3.63) is 40.4 Å². The van der Waals surface area contributed by atoms with Crippen LogP contribution < -0.4 is 10.9 Å². The van der Waals surface area contributed by atoms with E-state index in [1.54, 1.807) is 10.9 Å². The Morgan fingerprint density at radius 3 is 3.00 bits per heavy atom. The van der Waals surface area contributed by atoms with E-state index >= 15 is 0 Å². The molecule has 2 aromatic rings. The van der Waals surface area contributed by atoms with Crippen LogP contribution in [0.4, 0.5) is 0 Å². The SMILES string of the molecule is CNCCCn1cnc2cccc(C)c2c1=O. The molecule has 1 N–H and O–H groups in total. The van der Waals surface area contributed by atoms with Crippen molar-refractivity contribution in [2.45, 2.75) is 19.9 Å². The predicted octanol–water partition coefficient (Wildman–Crippen LogP) is 1.31. The summed E-state index contributed by atoms with van der Waals surface area (Å²) >= 11 is 0. The number of nitrogens with zero attached hydrogens (tertiary/aromatic N) is 2. The average molecular weight is 231 g/mol. The number of hydrogen-bond donors (Lipinski definition) is 1. The zero-order valence-electron chi connectivity index (χ0n) is 10.2. The molecule has 0 aliphatic carbocycles. The van der Waals surface area contributed by atoms with Gasteiger partial charge in [-0.05, 0) is 38.6 Å². The van der Waals surface area contributed by atoms with Gasteiger partial charge in [0.05, 0.1) is 17.2 Å². The number of aryl methyl sites for hydroxylation is 2. The third-order valence-electron chi connectivity index (χ3n) is 2.89. The minimum atomic E-state index is 0.0594. The molecule has 0 atom stereocenters. The molecule has 0 aliphatic rings. The van der Waals surface area contributed by atoms with Gasteiger partial charge >= 0.3 is 0 Å². The molecule has 0 unspecified atom stereocenters. The van der Waals surface area contributed by atoms with Gasteiger partial charge in [-0.25, -0.2) is 4.98 Å². The van der Waals surface area contributed by atoms with E-state index in [0.29, 0.717) is 6.54 Å². The molecule has 0 amide bonds. The molecule has 17 heavy (non-hydrogen) atoms. The minimum absolute atomic E-state index is 0.0594. The first-order valence-electron chi connectivity index (χ1n) is 5.83. The van der Waals surface area contributed by atoms with Crippen LogP contribution >= 0.6 is 0 Å². The third kappa shape index (κ3) is 2.36. The Kier molecular flexibility index (Phi) is 3.54. The smallest absolute Gasteiger partial charge is 0.261 e. The summed E-state index contributed by atoms with van der Waals surface area (Å²) in [6.45, 7) is 3.55. The first kappa shape index (κ1) is 11.8. The fourth-order valence-electron chi connectivity index (χ4n) is 1.95. The van der Waals surface area contributed by atoms with Crippen molar-refractivity contribution in [2.24, 2.45) is 0 Å². The van der Waals surface area contributed by atoms with Gasteiger partial charge in [0.2, 0.25) is 0 Å². The number of fused-ring (bicyclic) bond motifs is 1. The number of hydrogen-bond acceptors (Lipinski definition) is 3. The lowest BCUT2D eigenvalue weighted by atomic mass is 10.1. The summed E-state index contributed by atoms with van der Waals surface area (Å²) in [6, 6.07) is 5.75. The van der Waals surface area contributed by atoms with Gasteiger partial charge in [-0.1, -0.05) is 12.1 Å². The average Bonchev–Trinajstić information content (AvgIpc) is 2.32. The number of nitrogens with one attached hydrogen (secondary N) is 1. The van der Waals surface area contributed by atoms with Crippen molar-refractivity contribution in [1.82, 2.24) is 14.9 Å². The molecule has 1 heterocycles. The largest absolute Gasteiger partial charge is 0.320 e. The first-order valence-corrected chi connectivity index (χ1v) is 5.83. The van der Waals surface area contributed by atoms with Crippen LogP contribution in [0.3, 0.4) is 0 Å². The lowest BCUT2D eigenvalue weighted by Crippen LogP contribution is -2.23. The van der Waals surface area contributed by atoms with Gasteiger partial charge in [-0.3, -0.25) is 9.36 Å². The van der Waals surface area contributed by atoms with Gasteiger partial charge < -0.3 is 5.32 Å². The van der Waals surface area contributed by atoms with E-state index < -0.39 is 0 Å². The molecule has 90 valence electrons. The molecule has 0 saturated carbocycles. The molecule has 1 aromatic heterocycles. The van der Waals surface area contributed by atoms with Crippen LogP contribution in [0.5, 0.6) is 0 Å². The number of aromatic nitrogens is 2. The van der Waals surface area contributed by atoms with E-state index in [9.17, 15) is 4.79 Å².